The Hall–Kier alpha value is 0.690. The second-order valence-corrected chi connectivity index (χ2v) is 7.61. The fourth-order valence-electron chi connectivity index (χ4n) is 3.44. The molecule has 0 aromatic heterocycles. The van der Waals surface area contributed by atoms with Gasteiger partial charge in [-0.25, -0.2) is 0 Å². The van der Waals surface area contributed by atoms with Gasteiger partial charge in [-0.1, -0.05) is 49.3 Å². The Bertz CT molecular complexity index is 209. The molecule has 2 saturated carbocycles. The first-order valence-electron chi connectivity index (χ1n) is 6.94. The lowest BCUT2D eigenvalue weighted by Crippen LogP contribution is -2.35. The lowest BCUT2D eigenvalue weighted by molar-refractivity contribution is -0.0568. The summed E-state index contributed by atoms with van der Waals surface area (Å²) in [5, 5.41) is 0. The van der Waals surface area contributed by atoms with Crippen molar-refractivity contribution in [3.63, 3.8) is 0 Å². The van der Waals surface area contributed by atoms with Gasteiger partial charge in [0.1, 0.15) is 0 Å². The standard InChI is InChI=1S/C14H25IO/c1-10-7-11(2)9-12(8-10)16-14-6-4-3-5-13(14)15/h10-14H,3-9H2,1-2H3. The molecule has 1 nitrogen and oxygen atoms in total. The Labute approximate surface area is 114 Å². The zero-order valence-corrected chi connectivity index (χ0v) is 12.8. The summed E-state index contributed by atoms with van der Waals surface area (Å²) >= 11 is 2.60. The van der Waals surface area contributed by atoms with E-state index >= 15 is 0 Å². The van der Waals surface area contributed by atoms with Gasteiger partial charge < -0.3 is 4.74 Å². The van der Waals surface area contributed by atoms with Crippen LogP contribution in [0, 0.1) is 11.8 Å². The van der Waals surface area contributed by atoms with Crippen LogP contribution >= 0.6 is 22.6 Å². The van der Waals surface area contributed by atoms with E-state index in [0.717, 1.165) is 15.8 Å². The maximum Gasteiger partial charge on any atom is 0.0696 e. The van der Waals surface area contributed by atoms with Gasteiger partial charge in [0.2, 0.25) is 0 Å². The summed E-state index contributed by atoms with van der Waals surface area (Å²) in [5.41, 5.74) is 0. The summed E-state index contributed by atoms with van der Waals surface area (Å²) in [4.78, 5) is 0. The second-order valence-electron chi connectivity index (χ2n) is 6.01. The molecule has 4 unspecified atom stereocenters. The van der Waals surface area contributed by atoms with Gasteiger partial charge in [0, 0.05) is 3.92 Å². The van der Waals surface area contributed by atoms with Crippen LogP contribution in [-0.4, -0.2) is 16.1 Å². The van der Waals surface area contributed by atoms with Crippen molar-refractivity contribution >= 4 is 22.6 Å². The molecule has 2 rings (SSSR count). The van der Waals surface area contributed by atoms with Gasteiger partial charge in [0.25, 0.3) is 0 Å². The second kappa shape index (κ2) is 6.03. The summed E-state index contributed by atoms with van der Waals surface area (Å²) in [6.45, 7) is 4.77. The predicted molar refractivity (Wildman–Crippen MR) is 77.1 cm³/mol. The Kier molecular flexibility index (Phi) is 4.95. The Morgan fingerprint density at radius 1 is 0.938 bits per heavy atom. The van der Waals surface area contributed by atoms with Crippen LogP contribution in [0.15, 0.2) is 0 Å². The highest BCUT2D eigenvalue weighted by Gasteiger charge is 2.30. The van der Waals surface area contributed by atoms with Gasteiger partial charge in [-0.3, -0.25) is 0 Å². The highest BCUT2D eigenvalue weighted by atomic mass is 127. The molecule has 2 heteroatoms. The summed E-state index contributed by atoms with van der Waals surface area (Å²) in [5.74, 6) is 1.73. The molecule has 0 bridgehead atoms. The lowest BCUT2D eigenvalue weighted by atomic mass is 9.81. The molecule has 0 spiro atoms. The third kappa shape index (κ3) is 3.59. The third-order valence-corrected chi connectivity index (χ3v) is 5.55. The smallest absolute Gasteiger partial charge is 0.0696 e. The zero-order chi connectivity index (χ0) is 11.5. The van der Waals surface area contributed by atoms with Crippen molar-refractivity contribution in [3.8, 4) is 0 Å². The van der Waals surface area contributed by atoms with Crippen LogP contribution in [0.1, 0.15) is 58.8 Å². The first-order chi connectivity index (χ1) is 7.65. The molecule has 2 fully saturated rings. The Morgan fingerprint density at radius 3 is 2.19 bits per heavy atom. The molecule has 0 heterocycles. The van der Waals surface area contributed by atoms with E-state index in [1.54, 1.807) is 0 Å². The molecular formula is C14H25IO. The van der Waals surface area contributed by atoms with Crippen LogP contribution in [0.2, 0.25) is 0 Å². The average molecular weight is 336 g/mol. The van der Waals surface area contributed by atoms with Crippen molar-refractivity contribution in [1.29, 1.82) is 0 Å². The van der Waals surface area contributed by atoms with Crippen LogP contribution in [0.5, 0.6) is 0 Å². The maximum atomic E-state index is 6.38. The highest BCUT2D eigenvalue weighted by Crippen LogP contribution is 2.34. The number of hydrogen-bond donors (Lipinski definition) is 0. The summed E-state index contributed by atoms with van der Waals surface area (Å²) in [7, 11) is 0. The van der Waals surface area contributed by atoms with Crippen LogP contribution in [-0.2, 0) is 4.74 Å². The van der Waals surface area contributed by atoms with Gasteiger partial charge in [0.05, 0.1) is 12.2 Å². The molecule has 2 aliphatic carbocycles. The molecule has 0 amide bonds. The zero-order valence-electron chi connectivity index (χ0n) is 10.6. The highest BCUT2D eigenvalue weighted by molar-refractivity contribution is 14.1. The van der Waals surface area contributed by atoms with Crippen molar-refractivity contribution in [1.82, 2.24) is 0 Å². The van der Waals surface area contributed by atoms with Gasteiger partial charge in [-0.05, 0) is 43.9 Å². The summed E-state index contributed by atoms with van der Waals surface area (Å²) in [6.07, 6.45) is 10.5. The third-order valence-electron chi connectivity index (χ3n) is 4.12. The van der Waals surface area contributed by atoms with E-state index in [1.807, 2.05) is 0 Å². The fraction of sp³-hybridized carbons (Fsp3) is 1.00. The molecule has 0 aliphatic heterocycles. The number of halogens is 1. The quantitative estimate of drug-likeness (QED) is 0.530. The largest absolute Gasteiger partial charge is 0.374 e. The van der Waals surface area contributed by atoms with E-state index in [0.29, 0.717) is 12.2 Å². The molecular weight excluding hydrogens is 311 g/mol. The van der Waals surface area contributed by atoms with E-state index in [4.69, 9.17) is 4.74 Å². The molecule has 0 radical (unpaired) electrons. The maximum absolute atomic E-state index is 6.38. The minimum absolute atomic E-state index is 0.553. The van der Waals surface area contributed by atoms with Crippen LogP contribution in [0.25, 0.3) is 0 Å². The number of ether oxygens (including phenoxy) is 1. The van der Waals surface area contributed by atoms with E-state index in [9.17, 15) is 0 Å². The molecule has 0 aromatic carbocycles. The van der Waals surface area contributed by atoms with E-state index < -0.39 is 0 Å². The van der Waals surface area contributed by atoms with Crippen molar-refractivity contribution in [2.45, 2.75) is 74.9 Å². The topological polar surface area (TPSA) is 9.23 Å². The minimum Gasteiger partial charge on any atom is -0.374 e. The molecule has 4 atom stereocenters. The molecule has 0 N–H and O–H groups in total. The van der Waals surface area contributed by atoms with Crippen LogP contribution < -0.4 is 0 Å². The monoisotopic (exact) mass is 336 g/mol. The van der Waals surface area contributed by atoms with Crippen LogP contribution in [0.4, 0.5) is 0 Å². The summed E-state index contributed by atoms with van der Waals surface area (Å²) in [6, 6.07) is 0. The molecule has 94 valence electrons. The Balaban J connectivity index is 1.83. The van der Waals surface area contributed by atoms with Gasteiger partial charge in [0.15, 0.2) is 0 Å². The first-order valence-corrected chi connectivity index (χ1v) is 8.19. The van der Waals surface area contributed by atoms with Crippen molar-refractivity contribution in [3.05, 3.63) is 0 Å². The first kappa shape index (κ1) is 13.1. The number of hydrogen-bond acceptors (Lipinski definition) is 1. The molecule has 16 heavy (non-hydrogen) atoms. The van der Waals surface area contributed by atoms with E-state index in [-0.39, 0.29) is 0 Å². The SMILES string of the molecule is CC1CC(C)CC(OC2CCCCC2I)C1. The van der Waals surface area contributed by atoms with Gasteiger partial charge >= 0.3 is 0 Å². The average Bonchev–Trinajstić information content (AvgIpc) is 2.20. The Morgan fingerprint density at radius 2 is 1.56 bits per heavy atom. The normalized spacial score (nSPS) is 45.6. The van der Waals surface area contributed by atoms with E-state index in [2.05, 4.69) is 36.4 Å². The fourth-order valence-corrected chi connectivity index (χ4v) is 4.41. The van der Waals surface area contributed by atoms with Crippen molar-refractivity contribution < 1.29 is 4.74 Å². The molecule has 2 aliphatic rings. The minimum atomic E-state index is 0.553. The molecule has 0 aromatic rings. The van der Waals surface area contributed by atoms with E-state index in [1.165, 1.54) is 44.9 Å². The summed E-state index contributed by atoms with van der Waals surface area (Å²) < 4.78 is 7.14. The van der Waals surface area contributed by atoms with Crippen molar-refractivity contribution in [2.24, 2.45) is 11.8 Å². The lowest BCUT2D eigenvalue weighted by Gasteiger charge is -2.36. The number of alkyl halides is 1. The van der Waals surface area contributed by atoms with Gasteiger partial charge in [-0.15, -0.1) is 0 Å². The van der Waals surface area contributed by atoms with Gasteiger partial charge in [-0.2, -0.15) is 0 Å². The number of rotatable bonds is 2. The predicted octanol–water partition coefficient (Wildman–Crippen LogP) is 4.57. The van der Waals surface area contributed by atoms with Crippen LogP contribution in [0.3, 0.4) is 0 Å². The van der Waals surface area contributed by atoms with Crippen molar-refractivity contribution in [2.75, 3.05) is 0 Å². The molecule has 0 saturated heterocycles.